The average Bonchev–Trinajstić information content (AvgIpc) is 2.59. The second-order valence-corrected chi connectivity index (χ2v) is 3.02. The van der Waals surface area contributed by atoms with Gasteiger partial charge in [-0.3, -0.25) is 0 Å². The van der Waals surface area contributed by atoms with Gasteiger partial charge in [0.25, 0.3) is 0 Å². The maximum absolute atomic E-state index is 11.2. The molecular weight excluding hydrogens is 186 g/mol. The summed E-state index contributed by atoms with van der Waals surface area (Å²) in [5, 5.41) is 2.85. The van der Waals surface area contributed by atoms with Crippen LogP contribution in [0.25, 0.3) is 0 Å². The second kappa shape index (κ2) is 3.17. The first-order chi connectivity index (χ1) is 6.72. The van der Waals surface area contributed by atoms with Crippen LogP contribution in [0.1, 0.15) is 6.42 Å². The van der Waals surface area contributed by atoms with Crippen LogP contribution in [0.5, 0.6) is 0 Å². The number of carbonyl (C=O) groups is 2. The third-order valence-electron chi connectivity index (χ3n) is 2.19. The van der Waals surface area contributed by atoms with E-state index in [1.54, 1.807) is 6.20 Å². The largest absolute Gasteiger partial charge is 0.466 e. The van der Waals surface area contributed by atoms with E-state index in [9.17, 15) is 9.59 Å². The zero-order valence-electron chi connectivity index (χ0n) is 7.62. The van der Waals surface area contributed by atoms with Crippen molar-refractivity contribution in [2.75, 3.05) is 13.7 Å². The summed E-state index contributed by atoms with van der Waals surface area (Å²) >= 11 is 0. The molecule has 0 aliphatic carbocycles. The van der Waals surface area contributed by atoms with E-state index in [1.165, 1.54) is 7.11 Å². The lowest BCUT2D eigenvalue weighted by molar-refractivity contribution is -0.136. The fourth-order valence-electron chi connectivity index (χ4n) is 1.42. The number of carbonyl (C=O) groups excluding carboxylic acids is 2. The lowest BCUT2D eigenvalue weighted by Crippen LogP contribution is -2.19. The van der Waals surface area contributed by atoms with E-state index in [0.29, 0.717) is 11.1 Å². The Balaban J connectivity index is 2.17. The van der Waals surface area contributed by atoms with Crippen molar-refractivity contribution < 1.29 is 19.1 Å². The summed E-state index contributed by atoms with van der Waals surface area (Å²) in [4.78, 5) is 22.3. The van der Waals surface area contributed by atoms with Crippen LogP contribution in [0.3, 0.4) is 0 Å². The van der Waals surface area contributed by atoms with E-state index in [-0.39, 0.29) is 19.0 Å². The van der Waals surface area contributed by atoms with Crippen LogP contribution in [0.4, 0.5) is 0 Å². The molecule has 2 aliphatic rings. The van der Waals surface area contributed by atoms with Gasteiger partial charge in [-0.05, 0) is 0 Å². The highest BCUT2D eigenvalue weighted by Gasteiger charge is 2.29. The minimum Gasteiger partial charge on any atom is -0.466 e. The number of nitrogens with one attached hydrogen (secondary N) is 1. The summed E-state index contributed by atoms with van der Waals surface area (Å²) in [6.45, 7) is 0.263. The van der Waals surface area contributed by atoms with Gasteiger partial charge in [-0.2, -0.15) is 0 Å². The first kappa shape index (κ1) is 8.80. The molecule has 0 unspecified atom stereocenters. The molecule has 0 spiro atoms. The maximum Gasteiger partial charge on any atom is 0.336 e. The van der Waals surface area contributed by atoms with Gasteiger partial charge in [0, 0.05) is 12.6 Å². The van der Waals surface area contributed by atoms with Gasteiger partial charge < -0.3 is 14.8 Å². The van der Waals surface area contributed by atoms with Crippen molar-refractivity contribution >= 4 is 11.9 Å². The van der Waals surface area contributed by atoms with E-state index in [1.807, 2.05) is 0 Å². The van der Waals surface area contributed by atoms with E-state index in [4.69, 9.17) is 4.74 Å². The zero-order chi connectivity index (χ0) is 10.1. The number of methoxy groups -OCH3 is 1. The van der Waals surface area contributed by atoms with Gasteiger partial charge in [0.15, 0.2) is 0 Å². The highest BCUT2D eigenvalue weighted by atomic mass is 16.5. The molecule has 0 amide bonds. The third kappa shape index (κ3) is 1.26. The molecule has 0 saturated heterocycles. The lowest BCUT2D eigenvalue weighted by atomic mass is 10.0. The van der Waals surface area contributed by atoms with Crippen LogP contribution in [-0.4, -0.2) is 25.7 Å². The standard InChI is InChI=1S/C9H9NO4/c1-13-8(11)5-2-6-7(10-3-5)4-14-9(6)12/h3,10H,2,4H2,1H3. The van der Waals surface area contributed by atoms with Gasteiger partial charge in [0.05, 0.1) is 24.0 Å². The number of hydrogen-bond donors (Lipinski definition) is 1. The topological polar surface area (TPSA) is 64.6 Å². The summed E-state index contributed by atoms with van der Waals surface area (Å²) in [5.74, 6) is -0.786. The second-order valence-electron chi connectivity index (χ2n) is 3.02. The summed E-state index contributed by atoms with van der Waals surface area (Å²) in [6.07, 6.45) is 1.83. The Morgan fingerprint density at radius 2 is 2.43 bits per heavy atom. The quantitative estimate of drug-likeness (QED) is 0.589. The Labute approximate surface area is 80.4 Å². The molecule has 0 radical (unpaired) electrons. The van der Waals surface area contributed by atoms with Gasteiger partial charge in [-0.25, -0.2) is 9.59 Å². The molecule has 0 aromatic rings. The molecular formula is C9H9NO4. The van der Waals surface area contributed by atoms with Crippen molar-refractivity contribution in [3.63, 3.8) is 0 Å². The predicted octanol–water partition coefficient (Wildman–Crippen LogP) is -0.153. The SMILES string of the molecule is COC(=O)C1=CNC2=C(C1)C(=O)OC2. The van der Waals surface area contributed by atoms with Crippen molar-refractivity contribution in [2.24, 2.45) is 0 Å². The molecule has 0 fully saturated rings. The van der Waals surface area contributed by atoms with Crippen LogP contribution in [-0.2, 0) is 19.1 Å². The van der Waals surface area contributed by atoms with E-state index >= 15 is 0 Å². The van der Waals surface area contributed by atoms with Crippen LogP contribution in [0.15, 0.2) is 23.0 Å². The predicted molar refractivity (Wildman–Crippen MR) is 45.8 cm³/mol. The third-order valence-corrected chi connectivity index (χ3v) is 2.19. The highest BCUT2D eigenvalue weighted by Crippen LogP contribution is 2.25. The molecule has 1 N–H and O–H groups in total. The van der Waals surface area contributed by atoms with Crippen molar-refractivity contribution in [1.29, 1.82) is 0 Å². The number of dihydropyridines is 1. The lowest BCUT2D eigenvalue weighted by Gasteiger charge is -2.12. The fraction of sp³-hybridized carbons (Fsp3) is 0.333. The Morgan fingerprint density at radius 1 is 1.64 bits per heavy atom. The molecule has 0 saturated carbocycles. The molecule has 0 bridgehead atoms. The average molecular weight is 195 g/mol. The zero-order valence-corrected chi connectivity index (χ0v) is 7.62. The first-order valence-corrected chi connectivity index (χ1v) is 4.15. The smallest absolute Gasteiger partial charge is 0.336 e. The monoisotopic (exact) mass is 195 g/mol. The van der Waals surface area contributed by atoms with E-state index in [0.717, 1.165) is 5.70 Å². The minimum atomic E-state index is -0.427. The summed E-state index contributed by atoms with van der Waals surface area (Å²) < 4.78 is 9.35. The molecule has 14 heavy (non-hydrogen) atoms. The number of ether oxygens (including phenoxy) is 2. The van der Waals surface area contributed by atoms with Crippen molar-refractivity contribution in [2.45, 2.75) is 6.42 Å². The number of cyclic esters (lactones) is 1. The van der Waals surface area contributed by atoms with E-state index < -0.39 is 5.97 Å². The summed E-state index contributed by atoms with van der Waals surface area (Å²) in [6, 6.07) is 0. The van der Waals surface area contributed by atoms with Crippen molar-refractivity contribution in [3.8, 4) is 0 Å². The summed E-state index contributed by atoms with van der Waals surface area (Å²) in [5.41, 5.74) is 1.70. The maximum atomic E-state index is 11.2. The Hall–Kier alpha value is -1.78. The molecule has 0 aromatic heterocycles. The van der Waals surface area contributed by atoms with Gasteiger partial charge in [0.2, 0.25) is 0 Å². The highest BCUT2D eigenvalue weighted by molar-refractivity contribution is 5.97. The van der Waals surface area contributed by atoms with E-state index in [2.05, 4.69) is 10.1 Å². The molecule has 2 heterocycles. The molecule has 0 aromatic carbocycles. The Morgan fingerprint density at radius 3 is 3.14 bits per heavy atom. The minimum absolute atomic E-state index is 0.263. The molecule has 5 nitrogen and oxygen atoms in total. The Bertz CT molecular complexity index is 367. The molecule has 2 aliphatic heterocycles. The Kier molecular flexibility index (Phi) is 1.99. The van der Waals surface area contributed by atoms with Crippen LogP contribution in [0.2, 0.25) is 0 Å². The number of hydrogen-bond acceptors (Lipinski definition) is 5. The van der Waals surface area contributed by atoms with Crippen molar-refractivity contribution in [3.05, 3.63) is 23.0 Å². The van der Waals surface area contributed by atoms with Crippen LogP contribution >= 0.6 is 0 Å². The fourth-order valence-corrected chi connectivity index (χ4v) is 1.42. The normalized spacial score (nSPS) is 19.5. The number of esters is 2. The van der Waals surface area contributed by atoms with Gasteiger partial charge in [-0.15, -0.1) is 0 Å². The molecule has 5 heteroatoms. The molecule has 2 rings (SSSR count). The van der Waals surface area contributed by atoms with Crippen LogP contribution < -0.4 is 5.32 Å². The van der Waals surface area contributed by atoms with Gasteiger partial charge in [-0.1, -0.05) is 0 Å². The number of rotatable bonds is 1. The van der Waals surface area contributed by atoms with Gasteiger partial charge in [0.1, 0.15) is 6.61 Å². The molecule has 0 atom stereocenters. The summed E-state index contributed by atoms with van der Waals surface area (Å²) in [7, 11) is 1.31. The van der Waals surface area contributed by atoms with Crippen molar-refractivity contribution in [1.82, 2.24) is 5.32 Å². The van der Waals surface area contributed by atoms with Gasteiger partial charge >= 0.3 is 11.9 Å². The first-order valence-electron chi connectivity index (χ1n) is 4.15. The molecule has 74 valence electrons. The van der Waals surface area contributed by atoms with Crippen LogP contribution in [0, 0.1) is 0 Å².